The van der Waals surface area contributed by atoms with Crippen molar-refractivity contribution in [3.05, 3.63) is 106 Å². The van der Waals surface area contributed by atoms with Gasteiger partial charge in [0.05, 0.1) is 0 Å². The van der Waals surface area contributed by atoms with Gasteiger partial charge in [0, 0.05) is 21.4 Å². The van der Waals surface area contributed by atoms with E-state index in [0.717, 1.165) is 10.6 Å². The van der Waals surface area contributed by atoms with E-state index in [2.05, 4.69) is 94.4 Å². The maximum Gasteiger partial charge on any atom is 0.0484 e. The monoisotopic (exact) mass is 420 g/mol. The van der Waals surface area contributed by atoms with E-state index in [0.29, 0.717) is 0 Å². The first-order chi connectivity index (χ1) is 14.8. The largest absolute Gasteiger partial charge is 0.0837 e. The van der Waals surface area contributed by atoms with Gasteiger partial charge in [-0.25, -0.2) is 0 Å². The molecule has 31 heavy (non-hydrogen) atoms. The molecule has 0 unspecified atom stereocenters. The normalized spacial score (nSPS) is 16.4. The Balaban J connectivity index is 1.77. The minimum absolute atomic E-state index is 0.0530. The van der Waals surface area contributed by atoms with Crippen LogP contribution in [-0.4, -0.2) is 0 Å². The molecule has 2 aliphatic rings. The van der Waals surface area contributed by atoms with Gasteiger partial charge in [-0.15, -0.1) is 0 Å². The minimum atomic E-state index is -0.0538. The molecule has 0 amide bonds. The number of hydrogen-bond acceptors (Lipinski definition) is 0. The quantitative estimate of drug-likeness (QED) is 0.289. The van der Waals surface area contributed by atoms with Crippen LogP contribution in [0.2, 0.25) is 5.02 Å². The Bertz CT molecular complexity index is 1390. The summed E-state index contributed by atoms with van der Waals surface area (Å²) in [4.78, 5) is 0. The van der Waals surface area contributed by atoms with E-state index in [4.69, 9.17) is 11.6 Å². The lowest BCUT2D eigenvalue weighted by Crippen LogP contribution is -2.18. The summed E-state index contributed by atoms with van der Waals surface area (Å²) in [5, 5.41) is 0.803. The maximum absolute atomic E-state index is 6.70. The molecular formula is C30H25Cl. The summed E-state index contributed by atoms with van der Waals surface area (Å²) in [7, 11) is 0. The zero-order valence-corrected chi connectivity index (χ0v) is 19.1. The molecule has 0 nitrogen and oxygen atoms in total. The lowest BCUT2D eigenvalue weighted by Gasteiger charge is -2.26. The summed E-state index contributed by atoms with van der Waals surface area (Å²) in [5.41, 5.74) is 13.4. The Morgan fingerprint density at radius 1 is 0.484 bits per heavy atom. The highest BCUT2D eigenvalue weighted by molar-refractivity contribution is 6.33. The van der Waals surface area contributed by atoms with Crippen LogP contribution in [0, 0.1) is 0 Å². The van der Waals surface area contributed by atoms with Gasteiger partial charge in [0.2, 0.25) is 0 Å². The van der Waals surface area contributed by atoms with Crippen LogP contribution in [0.25, 0.3) is 33.4 Å². The van der Waals surface area contributed by atoms with Gasteiger partial charge >= 0.3 is 0 Å². The molecule has 4 aromatic rings. The van der Waals surface area contributed by atoms with Crippen molar-refractivity contribution in [1.29, 1.82) is 0 Å². The second kappa shape index (κ2) is 6.11. The van der Waals surface area contributed by atoms with Gasteiger partial charge in [-0.3, -0.25) is 0 Å². The molecule has 0 aromatic heterocycles. The second-order valence-corrected chi connectivity index (χ2v) is 10.3. The number of benzene rings is 4. The molecule has 0 N–H and O–H groups in total. The molecule has 0 saturated carbocycles. The topological polar surface area (TPSA) is 0 Å². The molecule has 1 heteroatoms. The fourth-order valence-corrected chi connectivity index (χ4v) is 6.28. The van der Waals surface area contributed by atoms with Crippen LogP contribution in [0.3, 0.4) is 0 Å². The Morgan fingerprint density at radius 3 is 1.87 bits per heavy atom. The van der Waals surface area contributed by atoms with Crippen LogP contribution in [0.15, 0.2) is 78.9 Å². The van der Waals surface area contributed by atoms with E-state index < -0.39 is 0 Å². The highest BCUT2D eigenvalue weighted by Crippen LogP contribution is 2.60. The van der Waals surface area contributed by atoms with Crippen molar-refractivity contribution in [1.82, 2.24) is 0 Å². The summed E-state index contributed by atoms with van der Waals surface area (Å²) in [6.07, 6.45) is 0. The van der Waals surface area contributed by atoms with Gasteiger partial charge in [0.25, 0.3) is 0 Å². The average Bonchev–Trinajstić information content (AvgIpc) is 3.14. The van der Waals surface area contributed by atoms with Crippen molar-refractivity contribution in [2.24, 2.45) is 0 Å². The molecular weight excluding hydrogens is 396 g/mol. The van der Waals surface area contributed by atoms with Crippen LogP contribution in [0.5, 0.6) is 0 Å². The van der Waals surface area contributed by atoms with E-state index in [1.54, 1.807) is 0 Å². The van der Waals surface area contributed by atoms with Crippen LogP contribution in [0.4, 0.5) is 0 Å². The smallest absolute Gasteiger partial charge is 0.0484 e. The first-order valence-corrected chi connectivity index (χ1v) is 11.4. The molecule has 0 radical (unpaired) electrons. The zero-order valence-electron chi connectivity index (χ0n) is 18.4. The Labute approximate surface area is 189 Å². The molecule has 0 atom stereocenters. The molecule has 0 fully saturated rings. The van der Waals surface area contributed by atoms with Crippen molar-refractivity contribution in [2.45, 2.75) is 38.5 Å². The van der Waals surface area contributed by atoms with Crippen LogP contribution in [0.1, 0.15) is 49.9 Å². The van der Waals surface area contributed by atoms with Crippen LogP contribution in [-0.2, 0) is 10.8 Å². The van der Waals surface area contributed by atoms with Gasteiger partial charge in [0.15, 0.2) is 0 Å². The predicted molar refractivity (Wildman–Crippen MR) is 132 cm³/mol. The van der Waals surface area contributed by atoms with E-state index >= 15 is 0 Å². The molecule has 0 aliphatic heterocycles. The first kappa shape index (κ1) is 18.9. The fourth-order valence-electron chi connectivity index (χ4n) is 6.05. The lowest BCUT2D eigenvalue weighted by molar-refractivity contribution is 0.647. The average molecular weight is 421 g/mol. The molecule has 0 heterocycles. The van der Waals surface area contributed by atoms with E-state index in [-0.39, 0.29) is 10.8 Å². The van der Waals surface area contributed by atoms with Crippen LogP contribution >= 0.6 is 11.6 Å². The van der Waals surface area contributed by atoms with Gasteiger partial charge in [-0.05, 0) is 56.1 Å². The third kappa shape index (κ3) is 2.32. The predicted octanol–water partition coefficient (Wildman–Crippen LogP) is 8.62. The van der Waals surface area contributed by atoms with Gasteiger partial charge in [0.1, 0.15) is 0 Å². The molecule has 0 saturated heterocycles. The second-order valence-electron chi connectivity index (χ2n) is 9.91. The molecule has 4 aromatic carbocycles. The van der Waals surface area contributed by atoms with Crippen molar-refractivity contribution < 1.29 is 0 Å². The number of halogens is 1. The summed E-state index contributed by atoms with van der Waals surface area (Å²) in [6, 6.07) is 28.6. The fraction of sp³-hybridized carbons (Fsp3) is 0.200. The highest BCUT2D eigenvalue weighted by atomic mass is 35.5. The summed E-state index contributed by atoms with van der Waals surface area (Å²) < 4.78 is 0. The van der Waals surface area contributed by atoms with E-state index in [9.17, 15) is 0 Å². The highest BCUT2D eigenvalue weighted by Gasteiger charge is 2.45. The summed E-state index contributed by atoms with van der Waals surface area (Å²) in [5.74, 6) is 0. The third-order valence-corrected chi connectivity index (χ3v) is 7.88. The van der Waals surface area contributed by atoms with Gasteiger partial charge in [-0.1, -0.05) is 112 Å². The molecule has 6 rings (SSSR count). The Kier molecular flexibility index (Phi) is 3.73. The standard InChI is InChI=1S/C30H25Cl/c1-29(2)23-14-9-12-20(19-11-6-8-15-25(19)31)26(23)27-24(29)17-16-21-18-10-5-7-13-22(18)30(3,4)28(21)27/h5-17H,1-4H3. The number of rotatable bonds is 1. The summed E-state index contributed by atoms with van der Waals surface area (Å²) >= 11 is 6.70. The van der Waals surface area contributed by atoms with Gasteiger partial charge in [-0.2, -0.15) is 0 Å². The van der Waals surface area contributed by atoms with Crippen molar-refractivity contribution >= 4 is 11.6 Å². The number of hydrogen-bond donors (Lipinski definition) is 0. The SMILES string of the molecule is CC1(C)c2cccc(-c3ccccc3Cl)c2-c2c1ccc1c2C(C)(C)c2ccccc2-1. The first-order valence-electron chi connectivity index (χ1n) is 11.0. The molecule has 0 bridgehead atoms. The maximum atomic E-state index is 6.70. The molecule has 0 spiro atoms. The van der Waals surface area contributed by atoms with Crippen LogP contribution < -0.4 is 0 Å². The Hall–Kier alpha value is -2.83. The summed E-state index contributed by atoms with van der Waals surface area (Å²) in [6.45, 7) is 9.47. The van der Waals surface area contributed by atoms with Crippen molar-refractivity contribution in [2.75, 3.05) is 0 Å². The zero-order chi connectivity index (χ0) is 21.5. The van der Waals surface area contributed by atoms with E-state index in [1.807, 2.05) is 12.1 Å². The third-order valence-electron chi connectivity index (χ3n) is 7.55. The lowest BCUT2D eigenvalue weighted by atomic mass is 9.77. The minimum Gasteiger partial charge on any atom is -0.0837 e. The van der Waals surface area contributed by atoms with Crippen molar-refractivity contribution in [3.63, 3.8) is 0 Å². The van der Waals surface area contributed by atoms with Gasteiger partial charge < -0.3 is 0 Å². The number of fused-ring (bicyclic) bond motifs is 7. The van der Waals surface area contributed by atoms with Crippen molar-refractivity contribution in [3.8, 4) is 33.4 Å². The molecule has 2 aliphatic carbocycles. The van der Waals surface area contributed by atoms with E-state index in [1.165, 1.54) is 50.1 Å². The molecule has 152 valence electrons. The Morgan fingerprint density at radius 2 is 1.10 bits per heavy atom.